The first-order valence-electron chi connectivity index (χ1n) is 31.7. The Kier molecular flexibility index (Phi) is 57.4. The van der Waals surface area contributed by atoms with Gasteiger partial charge in [-0.25, -0.2) is 0 Å². The monoisotopic (exact) mass is 998 g/mol. The number of aliphatic hydroxyl groups is 2. The molecule has 71 heavy (non-hydrogen) atoms. The molecule has 0 spiro atoms. The Hall–Kier alpha value is -1.92. The number of carbonyl (C=O) groups excluding carboxylic acids is 2. The van der Waals surface area contributed by atoms with Crippen molar-refractivity contribution < 1.29 is 24.5 Å². The molecule has 6 heteroatoms. The molecule has 0 aromatic carbocycles. The zero-order chi connectivity index (χ0) is 51.6. The highest BCUT2D eigenvalue weighted by atomic mass is 16.5. The van der Waals surface area contributed by atoms with Crippen molar-refractivity contribution in [2.24, 2.45) is 0 Å². The smallest absolute Gasteiger partial charge is 0.306 e. The molecular formula is C65H123NO5. The summed E-state index contributed by atoms with van der Waals surface area (Å²) in [5.41, 5.74) is 0. The normalized spacial score (nSPS) is 13.3. The molecule has 0 fully saturated rings. The lowest BCUT2D eigenvalue weighted by Crippen LogP contribution is -2.46. The Morgan fingerprint density at radius 1 is 0.408 bits per heavy atom. The standard InChI is InChI=1S/C65H123NO5/c1-4-7-10-13-16-19-22-25-28-31-32-34-37-40-43-46-49-52-55-58-65(70)71-61(56-53-50-47-44-41-38-35-30-27-24-21-18-15-12-9-6-3)59-64(69)66-62(60-67)63(68)57-54-51-48-45-42-39-36-33-29-26-23-20-17-14-11-8-5-2/h25,28,30,35,38,41,61-63,67-68H,4-24,26-27,29,31-34,36-37,39-40,42-60H2,1-3H3,(H,66,69)/b28-25+,35-30+,41-38+. The van der Waals surface area contributed by atoms with Crippen LogP contribution in [0.15, 0.2) is 36.5 Å². The number of hydrogen-bond acceptors (Lipinski definition) is 5. The van der Waals surface area contributed by atoms with Crippen LogP contribution in [0, 0.1) is 0 Å². The summed E-state index contributed by atoms with van der Waals surface area (Å²) in [5.74, 6) is -0.484. The fourth-order valence-corrected chi connectivity index (χ4v) is 9.89. The maximum absolute atomic E-state index is 13.3. The molecule has 0 saturated heterocycles. The maximum Gasteiger partial charge on any atom is 0.306 e. The third-order valence-electron chi connectivity index (χ3n) is 14.7. The molecule has 0 aromatic heterocycles. The van der Waals surface area contributed by atoms with Gasteiger partial charge in [0.15, 0.2) is 0 Å². The third-order valence-corrected chi connectivity index (χ3v) is 14.7. The molecule has 0 aliphatic carbocycles. The molecule has 0 aliphatic rings. The predicted octanol–water partition coefficient (Wildman–Crippen LogP) is 20.0. The number of ether oxygens (including phenoxy) is 1. The number of esters is 1. The molecule has 1 amide bonds. The largest absolute Gasteiger partial charge is 0.462 e. The van der Waals surface area contributed by atoms with E-state index in [0.29, 0.717) is 19.3 Å². The molecule has 418 valence electrons. The van der Waals surface area contributed by atoms with Crippen LogP contribution < -0.4 is 5.32 Å². The second-order valence-corrected chi connectivity index (χ2v) is 21.8. The Labute approximate surface area is 443 Å². The van der Waals surface area contributed by atoms with Crippen molar-refractivity contribution in [1.82, 2.24) is 5.32 Å². The van der Waals surface area contributed by atoms with E-state index < -0.39 is 18.2 Å². The average Bonchev–Trinajstić information content (AvgIpc) is 3.36. The van der Waals surface area contributed by atoms with Crippen LogP contribution in [0.3, 0.4) is 0 Å². The number of rotatable bonds is 58. The van der Waals surface area contributed by atoms with Crippen molar-refractivity contribution in [2.45, 2.75) is 360 Å². The summed E-state index contributed by atoms with van der Waals surface area (Å²) in [5, 5.41) is 24.0. The molecule has 0 aromatic rings. The van der Waals surface area contributed by atoms with Crippen LogP contribution in [-0.4, -0.2) is 46.9 Å². The van der Waals surface area contributed by atoms with Gasteiger partial charge in [-0.05, 0) is 77.0 Å². The van der Waals surface area contributed by atoms with Crippen LogP contribution >= 0.6 is 0 Å². The number of allylic oxidation sites excluding steroid dienone is 6. The third kappa shape index (κ3) is 54.2. The fourth-order valence-electron chi connectivity index (χ4n) is 9.89. The highest BCUT2D eigenvalue weighted by molar-refractivity contribution is 5.77. The van der Waals surface area contributed by atoms with E-state index in [-0.39, 0.29) is 24.9 Å². The van der Waals surface area contributed by atoms with E-state index >= 15 is 0 Å². The van der Waals surface area contributed by atoms with Gasteiger partial charge in [0.05, 0.1) is 25.2 Å². The summed E-state index contributed by atoms with van der Waals surface area (Å²) in [6.45, 7) is 6.52. The first kappa shape index (κ1) is 69.1. The molecule has 0 rings (SSSR count). The highest BCUT2D eigenvalue weighted by Crippen LogP contribution is 2.19. The lowest BCUT2D eigenvalue weighted by Gasteiger charge is -2.24. The zero-order valence-electron chi connectivity index (χ0n) is 47.9. The molecule has 0 aliphatic heterocycles. The minimum absolute atomic E-state index is 0.0625. The molecule has 6 nitrogen and oxygen atoms in total. The molecule has 3 unspecified atom stereocenters. The van der Waals surface area contributed by atoms with Crippen molar-refractivity contribution in [3.8, 4) is 0 Å². The maximum atomic E-state index is 13.3. The van der Waals surface area contributed by atoms with E-state index in [9.17, 15) is 19.8 Å². The van der Waals surface area contributed by atoms with Crippen molar-refractivity contribution in [1.29, 1.82) is 0 Å². The van der Waals surface area contributed by atoms with Gasteiger partial charge in [0.1, 0.15) is 6.10 Å². The van der Waals surface area contributed by atoms with Gasteiger partial charge in [0, 0.05) is 6.42 Å². The number of amides is 1. The van der Waals surface area contributed by atoms with E-state index in [0.717, 1.165) is 64.2 Å². The van der Waals surface area contributed by atoms with Gasteiger partial charge >= 0.3 is 5.97 Å². The summed E-state index contributed by atoms with van der Waals surface area (Å²) in [6.07, 6.45) is 72.2. The lowest BCUT2D eigenvalue weighted by atomic mass is 10.0. The predicted molar refractivity (Wildman–Crippen MR) is 310 cm³/mol. The molecule has 0 radical (unpaired) electrons. The van der Waals surface area contributed by atoms with Crippen molar-refractivity contribution >= 4 is 11.9 Å². The SMILES string of the molecule is CCCCCCCC/C=C/CCCCCCCCCCCC(=O)OC(CCCCC/C=C/C=C/CCCCCCCCC)CC(=O)NC(CO)C(O)CCCCCCCCCCCCCCCCCCC. The molecule has 0 bridgehead atoms. The van der Waals surface area contributed by atoms with Gasteiger partial charge in [-0.1, -0.05) is 288 Å². The van der Waals surface area contributed by atoms with E-state index in [1.807, 2.05) is 0 Å². The van der Waals surface area contributed by atoms with E-state index in [4.69, 9.17) is 4.74 Å². The lowest BCUT2D eigenvalue weighted by molar-refractivity contribution is -0.151. The summed E-state index contributed by atoms with van der Waals surface area (Å²) in [4.78, 5) is 26.4. The average molecular weight is 999 g/mol. The number of nitrogens with one attached hydrogen (secondary N) is 1. The Balaban J connectivity index is 4.54. The number of hydrogen-bond donors (Lipinski definition) is 3. The summed E-state index contributed by atoms with van der Waals surface area (Å²) in [7, 11) is 0. The van der Waals surface area contributed by atoms with Crippen LogP contribution in [0.1, 0.15) is 342 Å². The Morgan fingerprint density at radius 2 is 0.718 bits per heavy atom. The minimum atomic E-state index is -0.795. The second-order valence-electron chi connectivity index (χ2n) is 21.8. The quantitative estimate of drug-likeness (QED) is 0.0244. The van der Waals surface area contributed by atoms with Crippen LogP contribution in [0.2, 0.25) is 0 Å². The van der Waals surface area contributed by atoms with Gasteiger partial charge in [-0.2, -0.15) is 0 Å². The molecule has 3 atom stereocenters. The second kappa shape index (κ2) is 59.0. The van der Waals surface area contributed by atoms with Crippen LogP contribution in [0.25, 0.3) is 0 Å². The van der Waals surface area contributed by atoms with Gasteiger partial charge < -0.3 is 20.3 Å². The first-order valence-corrected chi connectivity index (χ1v) is 31.7. The van der Waals surface area contributed by atoms with Gasteiger partial charge in [0.25, 0.3) is 0 Å². The number of carbonyl (C=O) groups is 2. The van der Waals surface area contributed by atoms with Crippen molar-refractivity contribution in [2.75, 3.05) is 6.61 Å². The van der Waals surface area contributed by atoms with Crippen LogP contribution in [0.5, 0.6) is 0 Å². The summed E-state index contributed by atoms with van der Waals surface area (Å²) in [6, 6.07) is -0.710. The van der Waals surface area contributed by atoms with E-state index in [2.05, 4.69) is 62.5 Å². The van der Waals surface area contributed by atoms with Gasteiger partial charge in [0.2, 0.25) is 5.91 Å². The fraction of sp³-hybridized carbons (Fsp3) is 0.877. The Bertz CT molecular complexity index is 1170. The summed E-state index contributed by atoms with van der Waals surface area (Å²) >= 11 is 0. The summed E-state index contributed by atoms with van der Waals surface area (Å²) < 4.78 is 5.97. The van der Waals surface area contributed by atoms with Crippen molar-refractivity contribution in [3.63, 3.8) is 0 Å². The molecule has 3 N–H and O–H groups in total. The van der Waals surface area contributed by atoms with Crippen LogP contribution in [-0.2, 0) is 14.3 Å². The zero-order valence-corrected chi connectivity index (χ0v) is 47.9. The van der Waals surface area contributed by atoms with Crippen molar-refractivity contribution in [3.05, 3.63) is 36.5 Å². The van der Waals surface area contributed by atoms with Gasteiger partial charge in [-0.3, -0.25) is 9.59 Å². The first-order chi connectivity index (χ1) is 35.0. The molecule has 0 saturated carbocycles. The van der Waals surface area contributed by atoms with E-state index in [1.54, 1.807) is 0 Å². The highest BCUT2D eigenvalue weighted by Gasteiger charge is 2.24. The Morgan fingerprint density at radius 3 is 1.10 bits per heavy atom. The molecular weight excluding hydrogens is 875 g/mol. The number of unbranched alkanes of at least 4 members (excludes halogenated alkanes) is 41. The van der Waals surface area contributed by atoms with Crippen LogP contribution in [0.4, 0.5) is 0 Å². The van der Waals surface area contributed by atoms with Gasteiger partial charge in [-0.15, -0.1) is 0 Å². The number of aliphatic hydroxyl groups excluding tert-OH is 2. The molecule has 0 heterocycles. The minimum Gasteiger partial charge on any atom is -0.462 e. The van der Waals surface area contributed by atoms with E-state index in [1.165, 1.54) is 231 Å². The topological polar surface area (TPSA) is 95.9 Å².